The molecule has 1 N–H and O–H groups in total. The highest BCUT2D eigenvalue weighted by Gasteiger charge is 2.30. The molecule has 4 nitrogen and oxygen atoms in total. The van der Waals surface area contributed by atoms with Gasteiger partial charge in [0.1, 0.15) is 0 Å². The summed E-state index contributed by atoms with van der Waals surface area (Å²) in [6.45, 7) is 7.73. The van der Waals surface area contributed by atoms with Crippen LogP contribution in [-0.4, -0.2) is 49.2 Å². The summed E-state index contributed by atoms with van der Waals surface area (Å²) in [5.74, 6) is 1.70. The predicted octanol–water partition coefficient (Wildman–Crippen LogP) is 4.30. The standard InChI is InChI=1S/C23H40N2O2/c1-2-16-27-21-11-7-15-25(18-21)17-20-10-5-6-12-22(20)24-23(26)14-13-19-8-3-4-9-19/h2,19-22H,1,3-18H2,(H,24,26)/t20-,21-,22+/m1/s1. The van der Waals surface area contributed by atoms with Gasteiger partial charge < -0.3 is 15.0 Å². The molecule has 1 aliphatic heterocycles. The van der Waals surface area contributed by atoms with Crippen LogP contribution in [0.15, 0.2) is 12.7 Å². The predicted molar refractivity (Wildman–Crippen MR) is 111 cm³/mol. The summed E-state index contributed by atoms with van der Waals surface area (Å²) in [5, 5.41) is 3.42. The van der Waals surface area contributed by atoms with Gasteiger partial charge in [0.15, 0.2) is 0 Å². The summed E-state index contributed by atoms with van der Waals surface area (Å²) in [4.78, 5) is 15.1. The van der Waals surface area contributed by atoms with Crippen LogP contribution < -0.4 is 5.32 Å². The van der Waals surface area contributed by atoms with Crippen molar-refractivity contribution in [1.82, 2.24) is 10.2 Å². The van der Waals surface area contributed by atoms with E-state index in [0.717, 1.165) is 44.7 Å². The Kier molecular flexibility index (Phi) is 8.66. The number of rotatable bonds is 9. The molecule has 27 heavy (non-hydrogen) atoms. The van der Waals surface area contributed by atoms with Crippen LogP contribution in [0.2, 0.25) is 0 Å². The van der Waals surface area contributed by atoms with Gasteiger partial charge in [-0.1, -0.05) is 44.6 Å². The summed E-state index contributed by atoms with van der Waals surface area (Å²) in [7, 11) is 0. The van der Waals surface area contributed by atoms with Crippen molar-refractivity contribution in [1.29, 1.82) is 0 Å². The second-order valence-corrected chi connectivity index (χ2v) is 9.05. The van der Waals surface area contributed by atoms with Crippen molar-refractivity contribution in [2.75, 3.05) is 26.2 Å². The zero-order valence-corrected chi connectivity index (χ0v) is 17.2. The van der Waals surface area contributed by atoms with E-state index >= 15 is 0 Å². The number of ether oxygens (including phenoxy) is 1. The van der Waals surface area contributed by atoms with Gasteiger partial charge >= 0.3 is 0 Å². The lowest BCUT2D eigenvalue weighted by Gasteiger charge is -2.39. The average Bonchev–Trinajstić information content (AvgIpc) is 3.20. The molecule has 0 bridgehead atoms. The lowest BCUT2D eigenvalue weighted by Crippen LogP contribution is -2.49. The molecular weight excluding hydrogens is 336 g/mol. The summed E-state index contributed by atoms with van der Waals surface area (Å²) < 4.78 is 5.89. The molecule has 0 aromatic heterocycles. The number of nitrogens with zero attached hydrogens (tertiary/aromatic N) is 1. The fourth-order valence-electron chi connectivity index (χ4n) is 5.38. The lowest BCUT2D eigenvalue weighted by molar-refractivity contribution is -0.122. The number of hydrogen-bond acceptors (Lipinski definition) is 3. The molecule has 0 aromatic carbocycles. The molecule has 1 heterocycles. The molecule has 1 saturated heterocycles. The minimum atomic E-state index is 0.296. The summed E-state index contributed by atoms with van der Waals surface area (Å²) in [6.07, 6.45) is 16.8. The Hall–Kier alpha value is -0.870. The molecule has 2 saturated carbocycles. The van der Waals surface area contributed by atoms with Crippen molar-refractivity contribution in [3.05, 3.63) is 12.7 Å². The number of amides is 1. The van der Waals surface area contributed by atoms with Crippen molar-refractivity contribution in [2.24, 2.45) is 11.8 Å². The number of carbonyl (C=O) groups is 1. The molecule has 0 radical (unpaired) electrons. The minimum absolute atomic E-state index is 0.296. The number of carbonyl (C=O) groups excluding carboxylic acids is 1. The number of nitrogens with one attached hydrogen (secondary N) is 1. The average molecular weight is 377 g/mol. The van der Waals surface area contributed by atoms with Gasteiger partial charge in [0, 0.05) is 25.6 Å². The van der Waals surface area contributed by atoms with E-state index < -0.39 is 0 Å². The molecule has 1 amide bonds. The molecule has 3 atom stereocenters. The Morgan fingerprint density at radius 1 is 1.07 bits per heavy atom. The van der Waals surface area contributed by atoms with Gasteiger partial charge in [0.25, 0.3) is 0 Å². The molecule has 4 heteroatoms. The Bertz CT molecular complexity index is 461. The molecular formula is C23H40N2O2. The van der Waals surface area contributed by atoms with Gasteiger partial charge in [0.2, 0.25) is 5.91 Å². The van der Waals surface area contributed by atoms with Crippen LogP contribution in [0.3, 0.4) is 0 Å². The van der Waals surface area contributed by atoms with Crippen LogP contribution in [0, 0.1) is 11.8 Å². The second kappa shape index (κ2) is 11.2. The van der Waals surface area contributed by atoms with Crippen LogP contribution in [0.1, 0.15) is 77.0 Å². The second-order valence-electron chi connectivity index (χ2n) is 9.05. The third kappa shape index (κ3) is 6.90. The Morgan fingerprint density at radius 3 is 2.67 bits per heavy atom. The van der Waals surface area contributed by atoms with Gasteiger partial charge in [-0.15, -0.1) is 6.58 Å². The first-order valence-electron chi connectivity index (χ1n) is 11.5. The molecule has 0 aromatic rings. The third-order valence-electron chi connectivity index (χ3n) is 6.91. The van der Waals surface area contributed by atoms with Gasteiger partial charge in [0.05, 0.1) is 12.7 Å². The maximum absolute atomic E-state index is 12.5. The molecule has 3 rings (SSSR count). The van der Waals surface area contributed by atoms with Crippen molar-refractivity contribution < 1.29 is 9.53 Å². The highest BCUT2D eigenvalue weighted by Crippen LogP contribution is 2.29. The van der Waals surface area contributed by atoms with Gasteiger partial charge in [-0.2, -0.15) is 0 Å². The number of piperidine rings is 1. The molecule has 0 unspecified atom stereocenters. The van der Waals surface area contributed by atoms with Gasteiger partial charge in [-0.25, -0.2) is 0 Å². The molecule has 2 aliphatic carbocycles. The zero-order valence-electron chi connectivity index (χ0n) is 17.2. The van der Waals surface area contributed by atoms with E-state index in [0.29, 0.717) is 30.6 Å². The summed E-state index contributed by atoms with van der Waals surface area (Å²) >= 11 is 0. The van der Waals surface area contributed by atoms with Crippen LogP contribution in [-0.2, 0) is 9.53 Å². The first-order valence-corrected chi connectivity index (χ1v) is 11.5. The van der Waals surface area contributed by atoms with Crippen LogP contribution >= 0.6 is 0 Å². The first-order chi connectivity index (χ1) is 13.2. The van der Waals surface area contributed by atoms with E-state index in [2.05, 4.69) is 16.8 Å². The van der Waals surface area contributed by atoms with E-state index in [1.54, 1.807) is 0 Å². The smallest absolute Gasteiger partial charge is 0.220 e. The Morgan fingerprint density at radius 2 is 1.85 bits per heavy atom. The Balaban J connectivity index is 1.43. The topological polar surface area (TPSA) is 41.6 Å². The molecule has 3 aliphatic rings. The monoisotopic (exact) mass is 376 g/mol. The maximum atomic E-state index is 12.5. The fraction of sp³-hybridized carbons (Fsp3) is 0.870. The lowest BCUT2D eigenvalue weighted by atomic mass is 9.83. The fourth-order valence-corrected chi connectivity index (χ4v) is 5.38. The third-order valence-corrected chi connectivity index (χ3v) is 6.91. The zero-order chi connectivity index (χ0) is 18.9. The maximum Gasteiger partial charge on any atom is 0.220 e. The highest BCUT2D eigenvalue weighted by molar-refractivity contribution is 5.76. The summed E-state index contributed by atoms with van der Waals surface area (Å²) in [6, 6.07) is 0.379. The summed E-state index contributed by atoms with van der Waals surface area (Å²) in [5.41, 5.74) is 0. The van der Waals surface area contributed by atoms with E-state index in [9.17, 15) is 4.79 Å². The SMILES string of the molecule is C=CCO[C@@H]1CCCN(C[C@H]2CCCC[C@@H]2NC(=O)CCC2CCCC2)C1. The molecule has 154 valence electrons. The minimum Gasteiger partial charge on any atom is -0.373 e. The van der Waals surface area contributed by atoms with Crippen LogP contribution in [0.25, 0.3) is 0 Å². The number of likely N-dealkylation sites (tertiary alicyclic amines) is 1. The first kappa shape index (κ1) is 20.9. The van der Waals surface area contributed by atoms with Gasteiger partial charge in [-0.05, 0) is 50.5 Å². The van der Waals surface area contributed by atoms with E-state index in [-0.39, 0.29) is 0 Å². The van der Waals surface area contributed by atoms with Crippen molar-refractivity contribution in [2.45, 2.75) is 89.2 Å². The van der Waals surface area contributed by atoms with Crippen LogP contribution in [0.4, 0.5) is 0 Å². The van der Waals surface area contributed by atoms with Crippen molar-refractivity contribution >= 4 is 5.91 Å². The molecule has 3 fully saturated rings. The van der Waals surface area contributed by atoms with Crippen molar-refractivity contribution in [3.63, 3.8) is 0 Å². The number of hydrogen-bond donors (Lipinski definition) is 1. The quantitative estimate of drug-likeness (QED) is 0.610. The van der Waals surface area contributed by atoms with Crippen LogP contribution in [0.5, 0.6) is 0 Å². The van der Waals surface area contributed by atoms with Gasteiger partial charge in [-0.3, -0.25) is 4.79 Å². The Labute approximate surface area is 166 Å². The van der Waals surface area contributed by atoms with Crippen molar-refractivity contribution in [3.8, 4) is 0 Å². The van der Waals surface area contributed by atoms with E-state index in [1.807, 2.05) is 6.08 Å². The molecule has 0 spiro atoms. The van der Waals surface area contributed by atoms with E-state index in [4.69, 9.17) is 4.74 Å². The highest BCUT2D eigenvalue weighted by atomic mass is 16.5. The largest absolute Gasteiger partial charge is 0.373 e. The normalized spacial score (nSPS) is 30.3. The van der Waals surface area contributed by atoms with E-state index in [1.165, 1.54) is 57.9 Å².